The Morgan fingerprint density at radius 3 is 2.56 bits per heavy atom. The molecular formula is C12H10N2O4. The number of carbonyl (C=O) groups is 1. The van der Waals surface area contributed by atoms with E-state index in [0.29, 0.717) is 18.9 Å². The summed E-state index contributed by atoms with van der Waals surface area (Å²) in [6.45, 7) is 0.384. The van der Waals surface area contributed by atoms with Crippen molar-refractivity contribution in [2.45, 2.75) is 12.0 Å². The summed E-state index contributed by atoms with van der Waals surface area (Å²) >= 11 is 0. The van der Waals surface area contributed by atoms with Gasteiger partial charge in [0.1, 0.15) is 0 Å². The minimum atomic E-state index is -1.46. The molecule has 1 unspecified atom stereocenters. The quantitative estimate of drug-likeness (QED) is 0.881. The van der Waals surface area contributed by atoms with Crippen molar-refractivity contribution in [1.29, 1.82) is 0 Å². The predicted molar refractivity (Wildman–Crippen MR) is 59.6 cm³/mol. The molecule has 1 aliphatic rings. The molecule has 0 spiro atoms. The van der Waals surface area contributed by atoms with E-state index in [9.17, 15) is 4.79 Å². The van der Waals surface area contributed by atoms with Crippen LogP contribution < -0.4 is 0 Å². The topological polar surface area (TPSA) is 85.5 Å². The lowest BCUT2D eigenvalue weighted by Crippen LogP contribution is -2.48. The predicted octanol–water partition coefficient (Wildman–Crippen LogP) is 1.44. The minimum Gasteiger partial charge on any atom is -0.479 e. The molecule has 0 radical (unpaired) electrons. The van der Waals surface area contributed by atoms with E-state index in [0.717, 1.165) is 5.56 Å². The van der Waals surface area contributed by atoms with Crippen LogP contribution >= 0.6 is 0 Å². The van der Waals surface area contributed by atoms with Gasteiger partial charge in [-0.1, -0.05) is 18.2 Å². The SMILES string of the molecule is O=C(O)C1(c2nnc(-c3ccccc3)o2)CCO1. The molecule has 0 amide bonds. The highest BCUT2D eigenvalue weighted by molar-refractivity contribution is 5.79. The Morgan fingerprint density at radius 2 is 2.00 bits per heavy atom. The van der Waals surface area contributed by atoms with Gasteiger partial charge in [0.05, 0.1) is 6.61 Å². The van der Waals surface area contributed by atoms with Gasteiger partial charge in [0.2, 0.25) is 11.5 Å². The summed E-state index contributed by atoms with van der Waals surface area (Å²) in [6, 6.07) is 9.17. The van der Waals surface area contributed by atoms with Crippen molar-refractivity contribution >= 4 is 5.97 Å². The number of hydrogen-bond donors (Lipinski definition) is 1. The first-order valence-electron chi connectivity index (χ1n) is 5.49. The molecule has 18 heavy (non-hydrogen) atoms. The van der Waals surface area contributed by atoms with Crippen LogP contribution in [-0.2, 0) is 15.1 Å². The third-order valence-corrected chi connectivity index (χ3v) is 2.94. The van der Waals surface area contributed by atoms with Crippen molar-refractivity contribution in [3.63, 3.8) is 0 Å². The molecule has 1 aromatic carbocycles. The first-order valence-corrected chi connectivity index (χ1v) is 5.49. The number of benzene rings is 1. The number of hydrogen-bond acceptors (Lipinski definition) is 5. The van der Waals surface area contributed by atoms with E-state index >= 15 is 0 Å². The summed E-state index contributed by atoms with van der Waals surface area (Å²) in [5.41, 5.74) is -0.712. The Balaban J connectivity index is 1.97. The van der Waals surface area contributed by atoms with Crippen molar-refractivity contribution in [2.75, 3.05) is 6.61 Å². The van der Waals surface area contributed by atoms with E-state index in [1.807, 2.05) is 30.3 Å². The average Bonchev–Trinajstić information content (AvgIpc) is 2.78. The lowest BCUT2D eigenvalue weighted by Gasteiger charge is -2.33. The molecular weight excluding hydrogens is 236 g/mol. The van der Waals surface area contributed by atoms with E-state index in [1.165, 1.54) is 0 Å². The van der Waals surface area contributed by atoms with Gasteiger partial charge < -0.3 is 14.3 Å². The Bertz CT molecular complexity index is 575. The molecule has 0 bridgehead atoms. The molecule has 2 aromatic rings. The molecule has 1 fully saturated rings. The van der Waals surface area contributed by atoms with E-state index in [1.54, 1.807) is 0 Å². The second-order valence-electron chi connectivity index (χ2n) is 4.01. The number of aliphatic carboxylic acids is 1. The molecule has 2 heterocycles. The highest BCUT2D eigenvalue weighted by Crippen LogP contribution is 2.37. The molecule has 1 aliphatic heterocycles. The van der Waals surface area contributed by atoms with Crippen LogP contribution in [0.15, 0.2) is 34.7 Å². The summed E-state index contributed by atoms with van der Waals surface area (Å²) in [5, 5.41) is 16.8. The Morgan fingerprint density at radius 1 is 1.28 bits per heavy atom. The van der Waals surface area contributed by atoms with Crippen LogP contribution in [0, 0.1) is 0 Å². The van der Waals surface area contributed by atoms with Crippen LogP contribution in [0.25, 0.3) is 11.5 Å². The van der Waals surface area contributed by atoms with Crippen LogP contribution in [-0.4, -0.2) is 27.9 Å². The van der Waals surface area contributed by atoms with Crippen molar-refractivity contribution in [2.24, 2.45) is 0 Å². The van der Waals surface area contributed by atoms with E-state index < -0.39 is 11.6 Å². The van der Waals surface area contributed by atoms with Gasteiger partial charge in [0.25, 0.3) is 5.89 Å². The molecule has 6 nitrogen and oxygen atoms in total. The van der Waals surface area contributed by atoms with Crippen LogP contribution in [0.3, 0.4) is 0 Å². The van der Waals surface area contributed by atoms with E-state index in [-0.39, 0.29) is 5.89 Å². The molecule has 0 saturated carbocycles. The number of carboxylic acid groups (broad SMARTS) is 1. The van der Waals surface area contributed by atoms with Crippen molar-refractivity contribution < 1.29 is 19.1 Å². The zero-order chi connectivity index (χ0) is 12.6. The summed E-state index contributed by atoms with van der Waals surface area (Å²) in [6.07, 6.45) is 0.346. The highest BCUT2D eigenvalue weighted by Gasteiger charge is 2.53. The van der Waals surface area contributed by atoms with E-state index in [2.05, 4.69) is 10.2 Å². The molecule has 1 atom stereocenters. The minimum absolute atomic E-state index is 0.0000954. The van der Waals surface area contributed by atoms with Gasteiger partial charge in [-0.2, -0.15) is 0 Å². The molecule has 1 saturated heterocycles. The molecule has 92 valence electrons. The fraction of sp³-hybridized carbons (Fsp3) is 0.250. The fourth-order valence-corrected chi connectivity index (χ4v) is 1.82. The molecule has 6 heteroatoms. The summed E-state index contributed by atoms with van der Waals surface area (Å²) in [7, 11) is 0. The van der Waals surface area contributed by atoms with Crippen LogP contribution in [0.5, 0.6) is 0 Å². The number of carboxylic acids is 1. The summed E-state index contributed by atoms with van der Waals surface area (Å²) in [4.78, 5) is 11.2. The zero-order valence-electron chi connectivity index (χ0n) is 9.37. The second kappa shape index (κ2) is 3.92. The number of nitrogens with zero attached hydrogens (tertiary/aromatic N) is 2. The summed E-state index contributed by atoms with van der Waals surface area (Å²) < 4.78 is 10.5. The van der Waals surface area contributed by atoms with Crippen LogP contribution in [0.4, 0.5) is 0 Å². The number of aromatic nitrogens is 2. The number of rotatable bonds is 3. The first-order chi connectivity index (χ1) is 8.72. The maximum Gasteiger partial charge on any atom is 0.346 e. The Labute approximate surface area is 102 Å². The third kappa shape index (κ3) is 1.50. The zero-order valence-corrected chi connectivity index (χ0v) is 9.37. The lowest BCUT2D eigenvalue weighted by molar-refractivity contribution is -0.204. The third-order valence-electron chi connectivity index (χ3n) is 2.94. The van der Waals surface area contributed by atoms with Crippen LogP contribution in [0.1, 0.15) is 12.3 Å². The average molecular weight is 246 g/mol. The van der Waals surface area contributed by atoms with Gasteiger partial charge in [-0.25, -0.2) is 4.79 Å². The Hall–Kier alpha value is -2.21. The van der Waals surface area contributed by atoms with Gasteiger partial charge in [0, 0.05) is 12.0 Å². The molecule has 1 N–H and O–H groups in total. The van der Waals surface area contributed by atoms with Crippen molar-refractivity contribution in [3.8, 4) is 11.5 Å². The largest absolute Gasteiger partial charge is 0.479 e. The molecule has 1 aromatic heterocycles. The monoisotopic (exact) mass is 246 g/mol. The van der Waals surface area contributed by atoms with Crippen molar-refractivity contribution in [3.05, 3.63) is 36.2 Å². The highest BCUT2D eigenvalue weighted by atomic mass is 16.6. The summed E-state index contributed by atoms with van der Waals surface area (Å²) in [5.74, 6) is -0.807. The van der Waals surface area contributed by atoms with Gasteiger partial charge in [0.15, 0.2) is 0 Å². The van der Waals surface area contributed by atoms with Gasteiger partial charge in [-0.05, 0) is 12.1 Å². The van der Waals surface area contributed by atoms with Crippen LogP contribution in [0.2, 0.25) is 0 Å². The van der Waals surface area contributed by atoms with Gasteiger partial charge in [-0.15, -0.1) is 10.2 Å². The lowest BCUT2D eigenvalue weighted by atomic mass is 9.95. The fourth-order valence-electron chi connectivity index (χ4n) is 1.82. The van der Waals surface area contributed by atoms with E-state index in [4.69, 9.17) is 14.3 Å². The first kappa shape index (κ1) is 10.9. The smallest absolute Gasteiger partial charge is 0.346 e. The maximum atomic E-state index is 11.2. The van der Waals surface area contributed by atoms with Gasteiger partial charge >= 0.3 is 5.97 Å². The second-order valence-corrected chi connectivity index (χ2v) is 4.01. The van der Waals surface area contributed by atoms with Gasteiger partial charge in [-0.3, -0.25) is 0 Å². The Kier molecular flexibility index (Phi) is 2.38. The standard InChI is InChI=1S/C12H10N2O4/c15-11(16)12(6-7-17-12)10-14-13-9(18-10)8-4-2-1-3-5-8/h1-5H,6-7H2,(H,15,16). The van der Waals surface area contributed by atoms with Crippen molar-refractivity contribution in [1.82, 2.24) is 10.2 Å². The number of ether oxygens (including phenoxy) is 1. The normalized spacial score (nSPS) is 22.4. The molecule has 3 rings (SSSR count). The maximum absolute atomic E-state index is 11.2. The molecule has 0 aliphatic carbocycles.